The molecule has 4 rings (SSSR count). The van der Waals surface area contributed by atoms with Crippen molar-refractivity contribution in [3.63, 3.8) is 0 Å². The number of rotatable bonds is 1. The van der Waals surface area contributed by atoms with Gasteiger partial charge in [-0.3, -0.25) is 0 Å². The summed E-state index contributed by atoms with van der Waals surface area (Å²) in [5.74, 6) is 2.63. The Morgan fingerprint density at radius 2 is 2.00 bits per heavy atom. The molecule has 2 atom stereocenters. The van der Waals surface area contributed by atoms with Gasteiger partial charge in [0.1, 0.15) is 5.75 Å². The summed E-state index contributed by atoms with van der Waals surface area (Å²) in [6, 6.07) is 4.58. The minimum absolute atomic E-state index is 0.329. The van der Waals surface area contributed by atoms with E-state index in [-0.39, 0.29) is 0 Å². The third kappa shape index (κ3) is 1.69. The standard InChI is InChI=1S/C20H28O/c1-13(2)14-6-8-16-18-15(14)7-9-17-19(3,4)10-5-11-20(17,18)12-21-16/h6,8,13,17H,5,7,9-12H2,1-4H3/t17-,20+/m0/s1. The summed E-state index contributed by atoms with van der Waals surface area (Å²) >= 11 is 0. The maximum atomic E-state index is 6.21. The van der Waals surface area contributed by atoms with Gasteiger partial charge in [0, 0.05) is 11.0 Å². The lowest BCUT2D eigenvalue weighted by atomic mass is 9.50. The molecule has 1 aliphatic heterocycles. The monoisotopic (exact) mass is 284 g/mol. The molecule has 21 heavy (non-hydrogen) atoms. The van der Waals surface area contributed by atoms with E-state index < -0.39 is 0 Å². The Hall–Kier alpha value is -0.980. The molecular weight excluding hydrogens is 256 g/mol. The lowest BCUT2D eigenvalue weighted by molar-refractivity contribution is 0.0191. The van der Waals surface area contributed by atoms with Crippen LogP contribution in [0, 0.1) is 11.3 Å². The number of hydrogen-bond acceptors (Lipinski definition) is 1. The molecule has 114 valence electrons. The van der Waals surface area contributed by atoms with Gasteiger partial charge >= 0.3 is 0 Å². The molecule has 3 aliphatic rings. The van der Waals surface area contributed by atoms with Crippen molar-refractivity contribution in [2.75, 3.05) is 6.61 Å². The summed E-state index contributed by atoms with van der Waals surface area (Å²) in [7, 11) is 0. The number of benzene rings is 1. The molecule has 1 nitrogen and oxygen atoms in total. The molecule has 2 aliphatic carbocycles. The van der Waals surface area contributed by atoms with Crippen molar-refractivity contribution in [3.8, 4) is 5.75 Å². The van der Waals surface area contributed by atoms with Crippen LogP contribution < -0.4 is 4.74 Å². The summed E-state index contributed by atoms with van der Waals surface area (Å²) in [5, 5.41) is 0. The van der Waals surface area contributed by atoms with E-state index in [9.17, 15) is 0 Å². The van der Waals surface area contributed by atoms with Crippen molar-refractivity contribution in [1.82, 2.24) is 0 Å². The molecule has 0 aromatic heterocycles. The van der Waals surface area contributed by atoms with Gasteiger partial charge in [-0.15, -0.1) is 0 Å². The van der Waals surface area contributed by atoms with Gasteiger partial charge in [-0.1, -0.05) is 40.2 Å². The lowest BCUT2D eigenvalue weighted by Gasteiger charge is -2.53. The fourth-order valence-electron chi connectivity index (χ4n) is 5.78. The van der Waals surface area contributed by atoms with Crippen molar-refractivity contribution < 1.29 is 4.74 Å². The molecule has 0 unspecified atom stereocenters. The SMILES string of the molecule is CC(C)c1ccc2c3c1CC[C@H]1C(C)(C)CCC[C@]31CO2. The van der Waals surface area contributed by atoms with E-state index in [1.54, 1.807) is 16.7 Å². The molecule has 1 spiro atoms. The minimum atomic E-state index is 0.329. The highest BCUT2D eigenvalue weighted by atomic mass is 16.5. The molecule has 0 amide bonds. The Labute approximate surface area is 129 Å². The first-order valence-electron chi connectivity index (χ1n) is 8.75. The second kappa shape index (κ2) is 4.27. The Bertz CT molecular complexity index is 580. The van der Waals surface area contributed by atoms with Gasteiger partial charge in [-0.05, 0) is 60.1 Å². The fourth-order valence-corrected chi connectivity index (χ4v) is 5.78. The van der Waals surface area contributed by atoms with Gasteiger partial charge in [-0.25, -0.2) is 0 Å². The van der Waals surface area contributed by atoms with Crippen LogP contribution in [0.4, 0.5) is 0 Å². The van der Waals surface area contributed by atoms with E-state index in [0.29, 0.717) is 16.7 Å². The highest BCUT2D eigenvalue weighted by Crippen LogP contribution is 2.62. The third-order valence-corrected chi connectivity index (χ3v) is 6.65. The highest BCUT2D eigenvalue weighted by molar-refractivity contribution is 5.55. The topological polar surface area (TPSA) is 9.23 Å². The summed E-state index contributed by atoms with van der Waals surface area (Å²) in [6.07, 6.45) is 6.69. The molecule has 1 heterocycles. The molecule has 0 radical (unpaired) electrons. The summed E-state index contributed by atoms with van der Waals surface area (Å²) in [4.78, 5) is 0. The van der Waals surface area contributed by atoms with Crippen molar-refractivity contribution >= 4 is 0 Å². The summed E-state index contributed by atoms with van der Waals surface area (Å²) < 4.78 is 6.21. The predicted octanol–water partition coefficient (Wildman–Crippen LogP) is 5.21. The van der Waals surface area contributed by atoms with Crippen LogP contribution in [0.5, 0.6) is 5.75 Å². The van der Waals surface area contributed by atoms with Crippen molar-refractivity contribution in [2.24, 2.45) is 11.3 Å². The molecular formula is C20H28O. The van der Waals surface area contributed by atoms with Crippen LogP contribution in [-0.2, 0) is 11.8 Å². The van der Waals surface area contributed by atoms with Gasteiger partial charge in [0.15, 0.2) is 0 Å². The molecule has 1 aromatic rings. The second-order valence-corrected chi connectivity index (χ2v) is 8.54. The summed E-state index contributed by atoms with van der Waals surface area (Å²) in [5.41, 5.74) is 5.64. The van der Waals surface area contributed by atoms with Crippen molar-refractivity contribution in [3.05, 3.63) is 28.8 Å². The zero-order valence-electron chi connectivity index (χ0n) is 14.0. The maximum Gasteiger partial charge on any atom is 0.123 e. The van der Waals surface area contributed by atoms with Crippen LogP contribution in [0.15, 0.2) is 12.1 Å². The molecule has 0 bridgehead atoms. The maximum absolute atomic E-state index is 6.21. The Kier molecular flexibility index (Phi) is 2.78. The third-order valence-electron chi connectivity index (χ3n) is 6.65. The first kappa shape index (κ1) is 13.7. The zero-order valence-corrected chi connectivity index (χ0v) is 14.0. The Morgan fingerprint density at radius 3 is 2.76 bits per heavy atom. The van der Waals surface area contributed by atoms with E-state index in [0.717, 1.165) is 12.5 Å². The molecule has 1 heteroatoms. The first-order valence-corrected chi connectivity index (χ1v) is 8.75. The molecule has 1 fully saturated rings. The van der Waals surface area contributed by atoms with Crippen LogP contribution in [0.25, 0.3) is 0 Å². The van der Waals surface area contributed by atoms with Crippen LogP contribution in [-0.4, -0.2) is 6.61 Å². The van der Waals surface area contributed by atoms with Crippen LogP contribution in [0.2, 0.25) is 0 Å². The van der Waals surface area contributed by atoms with Crippen LogP contribution in [0.1, 0.15) is 76.0 Å². The van der Waals surface area contributed by atoms with Crippen LogP contribution >= 0.6 is 0 Å². The largest absolute Gasteiger partial charge is 0.492 e. The highest BCUT2D eigenvalue weighted by Gasteiger charge is 2.56. The van der Waals surface area contributed by atoms with Gasteiger partial charge in [0.05, 0.1) is 6.61 Å². The lowest BCUT2D eigenvalue weighted by Crippen LogP contribution is -2.50. The van der Waals surface area contributed by atoms with Gasteiger partial charge in [0.25, 0.3) is 0 Å². The average molecular weight is 284 g/mol. The predicted molar refractivity (Wildman–Crippen MR) is 87.1 cm³/mol. The van der Waals surface area contributed by atoms with Gasteiger partial charge < -0.3 is 4.74 Å². The molecule has 0 N–H and O–H groups in total. The Morgan fingerprint density at radius 1 is 1.19 bits per heavy atom. The average Bonchev–Trinajstić information content (AvgIpc) is 2.79. The van der Waals surface area contributed by atoms with E-state index in [4.69, 9.17) is 4.74 Å². The van der Waals surface area contributed by atoms with E-state index in [1.165, 1.54) is 37.9 Å². The Balaban J connectivity index is 1.93. The van der Waals surface area contributed by atoms with Crippen molar-refractivity contribution in [1.29, 1.82) is 0 Å². The minimum Gasteiger partial charge on any atom is -0.492 e. The van der Waals surface area contributed by atoms with E-state index >= 15 is 0 Å². The molecule has 1 aromatic carbocycles. The van der Waals surface area contributed by atoms with E-state index in [1.807, 2.05) is 0 Å². The smallest absolute Gasteiger partial charge is 0.123 e. The second-order valence-electron chi connectivity index (χ2n) is 8.54. The zero-order chi connectivity index (χ0) is 14.8. The fraction of sp³-hybridized carbons (Fsp3) is 0.700. The summed E-state index contributed by atoms with van der Waals surface area (Å²) in [6.45, 7) is 10.6. The van der Waals surface area contributed by atoms with E-state index in [2.05, 4.69) is 39.8 Å². The van der Waals surface area contributed by atoms with Gasteiger partial charge in [0.2, 0.25) is 0 Å². The van der Waals surface area contributed by atoms with Crippen LogP contribution in [0.3, 0.4) is 0 Å². The normalized spacial score (nSPS) is 32.5. The molecule has 0 saturated heterocycles. The van der Waals surface area contributed by atoms with Crippen molar-refractivity contribution in [2.45, 2.75) is 71.1 Å². The molecule has 1 saturated carbocycles. The number of ether oxygens (including phenoxy) is 1. The number of hydrogen-bond donors (Lipinski definition) is 0. The quantitative estimate of drug-likeness (QED) is 0.687. The van der Waals surface area contributed by atoms with Gasteiger partial charge in [-0.2, -0.15) is 0 Å². The first-order chi connectivity index (χ1) is 9.96.